The molecule has 0 N–H and O–H groups in total. The molecule has 2 heteroatoms. The van der Waals surface area contributed by atoms with Crippen LogP contribution >= 0.6 is 11.3 Å². The van der Waals surface area contributed by atoms with E-state index in [2.05, 4.69) is 165 Å². The fourth-order valence-electron chi connectivity index (χ4n) is 6.24. The molecule has 0 fully saturated rings. The summed E-state index contributed by atoms with van der Waals surface area (Å²) in [5.74, 6) is 0. The van der Waals surface area contributed by atoms with Crippen LogP contribution in [0.4, 0.5) is 5.69 Å². The van der Waals surface area contributed by atoms with Gasteiger partial charge in [-0.3, -0.25) is 0 Å². The first kappa shape index (κ1) is 41.3. The first-order valence-electron chi connectivity index (χ1n) is 19.5. The molecule has 276 valence electrons. The van der Waals surface area contributed by atoms with Crippen molar-refractivity contribution in [1.82, 2.24) is 0 Å². The standard InChI is InChI=1S/C30H25NS.C13H12.C5H8.2C2H6/c1-4-6-11-24(5-2)31-18-9-10-21(3)26-19-22(14-16-28(26)31)23-15-17-30-27(20-23)25-12-7-8-13-29(25)32-30;1-11-7-9-13(10-8-11)12-5-3-2-4-6-12;1-2-4-5-3-1;2*1-2/h4-9,11-20H,2-3,10H2,1H3;2-10H,1H3;1-2H,3-5H2;2*1-2H3/b6-4?,24-11+;;;;. The molecule has 0 atom stereocenters. The summed E-state index contributed by atoms with van der Waals surface area (Å²) in [6, 6.07) is 41.2. The van der Waals surface area contributed by atoms with Crippen LogP contribution in [0.2, 0.25) is 0 Å². The quantitative estimate of drug-likeness (QED) is 0.126. The Morgan fingerprint density at radius 3 is 1.94 bits per heavy atom. The van der Waals surface area contributed by atoms with E-state index in [9.17, 15) is 0 Å². The van der Waals surface area contributed by atoms with Gasteiger partial charge in [0.15, 0.2) is 0 Å². The monoisotopic (exact) mass is 727 g/mol. The number of fused-ring (bicyclic) bond motifs is 4. The highest BCUT2D eigenvalue weighted by Crippen LogP contribution is 2.40. The molecule has 54 heavy (non-hydrogen) atoms. The van der Waals surface area contributed by atoms with E-state index in [1.54, 1.807) is 0 Å². The van der Waals surface area contributed by atoms with Crippen LogP contribution in [0.25, 0.3) is 48.0 Å². The van der Waals surface area contributed by atoms with Crippen molar-refractivity contribution >= 4 is 42.8 Å². The molecule has 0 saturated heterocycles. The Bertz CT molecular complexity index is 2200. The van der Waals surface area contributed by atoms with Crippen LogP contribution in [0.15, 0.2) is 183 Å². The summed E-state index contributed by atoms with van der Waals surface area (Å²) in [4.78, 5) is 2.19. The highest BCUT2D eigenvalue weighted by atomic mass is 32.1. The van der Waals surface area contributed by atoms with Gasteiger partial charge >= 0.3 is 0 Å². The number of rotatable bonds is 5. The van der Waals surface area contributed by atoms with E-state index in [1.807, 2.05) is 70.2 Å². The molecule has 0 saturated carbocycles. The maximum absolute atomic E-state index is 4.38. The van der Waals surface area contributed by atoms with Crippen LogP contribution in [-0.2, 0) is 0 Å². The van der Waals surface area contributed by atoms with E-state index in [1.165, 1.54) is 72.8 Å². The minimum Gasteiger partial charge on any atom is -0.317 e. The number of nitrogens with zero attached hydrogens (tertiary/aromatic N) is 1. The lowest BCUT2D eigenvalue weighted by Crippen LogP contribution is -2.14. The number of aryl methyl sites for hydroxylation is 1. The van der Waals surface area contributed by atoms with E-state index >= 15 is 0 Å². The Balaban J connectivity index is 0.000000241. The zero-order valence-corrected chi connectivity index (χ0v) is 34.0. The maximum atomic E-state index is 4.38. The van der Waals surface area contributed by atoms with E-state index < -0.39 is 0 Å². The Morgan fingerprint density at radius 2 is 1.28 bits per heavy atom. The zero-order valence-electron chi connectivity index (χ0n) is 33.2. The van der Waals surface area contributed by atoms with Gasteiger partial charge in [0.1, 0.15) is 0 Å². The van der Waals surface area contributed by atoms with Gasteiger partial charge in [0.2, 0.25) is 0 Å². The molecule has 1 aliphatic heterocycles. The number of benzene rings is 5. The van der Waals surface area contributed by atoms with Gasteiger partial charge in [-0.2, -0.15) is 0 Å². The predicted molar refractivity (Wildman–Crippen MR) is 245 cm³/mol. The van der Waals surface area contributed by atoms with E-state index in [4.69, 9.17) is 0 Å². The van der Waals surface area contributed by atoms with Crippen molar-refractivity contribution in [2.75, 3.05) is 4.90 Å². The van der Waals surface area contributed by atoms with E-state index in [0.717, 1.165) is 23.4 Å². The van der Waals surface area contributed by atoms with Crippen molar-refractivity contribution in [2.24, 2.45) is 0 Å². The lowest BCUT2D eigenvalue weighted by Gasteiger charge is -2.24. The summed E-state index contributed by atoms with van der Waals surface area (Å²) in [5.41, 5.74) is 10.8. The van der Waals surface area contributed by atoms with Crippen molar-refractivity contribution in [1.29, 1.82) is 0 Å². The van der Waals surface area contributed by atoms with E-state index in [-0.39, 0.29) is 0 Å². The van der Waals surface area contributed by atoms with Crippen molar-refractivity contribution in [3.8, 4) is 22.3 Å². The lowest BCUT2D eigenvalue weighted by molar-refractivity contribution is 0.929. The third-order valence-corrected chi connectivity index (χ3v) is 10.1. The second-order valence-electron chi connectivity index (χ2n) is 12.6. The third-order valence-electron chi connectivity index (χ3n) is 8.98. The van der Waals surface area contributed by atoms with Crippen molar-refractivity contribution in [3.05, 3.63) is 194 Å². The summed E-state index contributed by atoms with van der Waals surface area (Å²) in [5, 5.41) is 2.65. The molecule has 1 nitrogen and oxygen atoms in total. The molecular formula is C52H57NS. The van der Waals surface area contributed by atoms with Gasteiger partial charge in [0.05, 0.1) is 5.69 Å². The molecule has 1 aliphatic carbocycles. The van der Waals surface area contributed by atoms with Crippen LogP contribution in [0.3, 0.4) is 0 Å². The second-order valence-corrected chi connectivity index (χ2v) is 13.6. The molecule has 0 amide bonds. The van der Waals surface area contributed by atoms with Crippen molar-refractivity contribution in [3.63, 3.8) is 0 Å². The SMILES string of the molecule is C1=CCCC1.C=C/C(=C\C=CC)N1C=CCC(=C)c2cc(-c3ccc4sc5ccccc5c4c3)ccc21.CC.CC.Cc1ccc(-c2ccccc2)cc1. The molecule has 2 aliphatic rings. The molecule has 6 aromatic rings. The second kappa shape index (κ2) is 21.9. The molecule has 5 aromatic carbocycles. The molecule has 1 aromatic heterocycles. The summed E-state index contributed by atoms with van der Waals surface area (Å²) in [6.45, 7) is 20.5. The van der Waals surface area contributed by atoms with Gasteiger partial charge in [-0.15, -0.1) is 11.3 Å². The summed E-state index contributed by atoms with van der Waals surface area (Å²) in [7, 11) is 0. The highest BCUT2D eigenvalue weighted by Gasteiger charge is 2.17. The zero-order chi connectivity index (χ0) is 38.7. The number of allylic oxidation sites excluding steroid dienone is 8. The van der Waals surface area contributed by atoms with Gasteiger partial charge in [-0.25, -0.2) is 0 Å². The van der Waals surface area contributed by atoms with Crippen LogP contribution in [0.1, 0.15) is 71.4 Å². The third kappa shape index (κ3) is 10.8. The molecule has 0 radical (unpaired) electrons. The van der Waals surface area contributed by atoms with Gasteiger partial charge < -0.3 is 4.90 Å². The minimum atomic E-state index is 0.829. The summed E-state index contributed by atoms with van der Waals surface area (Å²) >= 11 is 1.85. The molecule has 2 heterocycles. The topological polar surface area (TPSA) is 3.24 Å². The average molecular weight is 728 g/mol. The molecule has 0 spiro atoms. The van der Waals surface area contributed by atoms with Crippen molar-refractivity contribution in [2.45, 2.75) is 67.2 Å². The smallest absolute Gasteiger partial charge is 0.0530 e. The Morgan fingerprint density at radius 1 is 0.667 bits per heavy atom. The lowest BCUT2D eigenvalue weighted by atomic mass is 9.96. The number of anilines is 1. The van der Waals surface area contributed by atoms with Crippen LogP contribution in [0.5, 0.6) is 0 Å². The van der Waals surface area contributed by atoms with Crippen LogP contribution < -0.4 is 4.90 Å². The summed E-state index contributed by atoms with van der Waals surface area (Å²) in [6.07, 6.45) is 21.7. The van der Waals surface area contributed by atoms with Crippen molar-refractivity contribution < 1.29 is 0 Å². The van der Waals surface area contributed by atoms with Gasteiger partial charge in [0, 0.05) is 37.6 Å². The predicted octanol–water partition coefficient (Wildman–Crippen LogP) is 16.5. The largest absolute Gasteiger partial charge is 0.317 e. The Kier molecular flexibility index (Phi) is 16.8. The number of hydrogen-bond donors (Lipinski definition) is 0. The molecule has 8 rings (SSSR count). The molecule has 0 unspecified atom stereocenters. The Labute approximate surface area is 329 Å². The average Bonchev–Trinajstić information content (AvgIpc) is 3.92. The first-order valence-corrected chi connectivity index (χ1v) is 20.3. The highest BCUT2D eigenvalue weighted by molar-refractivity contribution is 7.25. The Hall–Kier alpha value is -5.44. The van der Waals surface area contributed by atoms with Gasteiger partial charge in [-0.05, 0) is 110 Å². The fraction of sp³-hybridized carbons (Fsp3) is 0.192. The molecular weight excluding hydrogens is 671 g/mol. The van der Waals surface area contributed by atoms with Gasteiger partial charge in [-0.1, -0.05) is 162 Å². The van der Waals surface area contributed by atoms with E-state index in [0.29, 0.717) is 0 Å². The first-order chi connectivity index (χ1) is 26.6. The van der Waals surface area contributed by atoms with Crippen LogP contribution in [-0.4, -0.2) is 0 Å². The van der Waals surface area contributed by atoms with Crippen LogP contribution in [0, 0.1) is 6.92 Å². The molecule has 0 bridgehead atoms. The normalized spacial score (nSPS) is 13.0. The number of hydrogen-bond acceptors (Lipinski definition) is 2. The summed E-state index contributed by atoms with van der Waals surface area (Å²) < 4.78 is 2.66. The maximum Gasteiger partial charge on any atom is 0.0530 e. The number of thiophene rings is 1. The fourth-order valence-corrected chi connectivity index (χ4v) is 7.32. The minimum absolute atomic E-state index is 0.829. The van der Waals surface area contributed by atoms with Gasteiger partial charge in [0.25, 0.3) is 0 Å².